The van der Waals surface area contributed by atoms with Gasteiger partial charge in [-0.25, -0.2) is 4.79 Å². The standard InChI is InChI=1S/C22H18N2O3/c1-12-19(23-13(2)20(12)22(26)27)11-17-16-10-15(14-6-4-3-5-7-14)8-9-18(16)24-21(17)25/h3-11,23H,1-2H3,(H,24,25)(H,26,27)/b17-11-. The van der Waals surface area contributed by atoms with Gasteiger partial charge in [-0.3, -0.25) is 4.79 Å². The fourth-order valence-corrected chi connectivity index (χ4v) is 3.53. The third-order valence-electron chi connectivity index (χ3n) is 4.89. The number of carboxylic acid groups (broad SMARTS) is 1. The number of H-pyrrole nitrogens is 1. The van der Waals surface area contributed by atoms with E-state index in [9.17, 15) is 14.7 Å². The van der Waals surface area contributed by atoms with E-state index in [1.165, 1.54) is 0 Å². The van der Waals surface area contributed by atoms with Gasteiger partial charge in [-0.1, -0.05) is 36.4 Å². The molecule has 0 saturated carbocycles. The van der Waals surface area contributed by atoms with E-state index in [4.69, 9.17) is 0 Å². The number of amides is 1. The zero-order valence-corrected chi connectivity index (χ0v) is 15.0. The Balaban J connectivity index is 1.83. The van der Waals surface area contributed by atoms with Crippen LogP contribution >= 0.6 is 0 Å². The molecule has 0 radical (unpaired) electrons. The molecule has 27 heavy (non-hydrogen) atoms. The summed E-state index contributed by atoms with van der Waals surface area (Å²) in [5.74, 6) is -1.17. The Morgan fingerprint density at radius 2 is 1.78 bits per heavy atom. The third kappa shape index (κ3) is 2.83. The number of aromatic carboxylic acids is 1. The summed E-state index contributed by atoms with van der Waals surface area (Å²) in [7, 11) is 0. The number of nitrogens with one attached hydrogen (secondary N) is 2. The molecular weight excluding hydrogens is 340 g/mol. The number of aryl methyl sites for hydroxylation is 1. The fraction of sp³-hybridized carbons (Fsp3) is 0.0909. The van der Waals surface area contributed by atoms with E-state index in [1.54, 1.807) is 19.9 Å². The van der Waals surface area contributed by atoms with Gasteiger partial charge in [-0.2, -0.15) is 0 Å². The van der Waals surface area contributed by atoms with E-state index in [1.807, 2.05) is 48.5 Å². The minimum atomic E-state index is -0.978. The Morgan fingerprint density at radius 1 is 1.04 bits per heavy atom. The molecule has 3 aromatic rings. The Bertz CT molecular complexity index is 1110. The predicted octanol–water partition coefficient (Wildman–Crippen LogP) is 4.49. The molecule has 3 N–H and O–H groups in total. The molecule has 0 fully saturated rings. The zero-order chi connectivity index (χ0) is 19.1. The van der Waals surface area contributed by atoms with Crippen molar-refractivity contribution in [3.05, 3.63) is 76.6 Å². The Labute approximate surface area is 156 Å². The number of rotatable bonds is 3. The minimum absolute atomic E-state index is 0.196. The molecule has 0 bridgehead atoms. The minimum Gasteiger partial charge on any atom is -0.478 e. The van der Waals surface area contributed by atoms with Crippen LogP contribution in [-0.2, 0) is 4.79 Å². The van der Waals surface area contributed by atoms with Crippen LogP contribution in [0.4, 0.5) is 5.69 Å². The highest BCUT2D eigenvalue weighted by molar-refractivity contribution is 6.35. The van der Waals surface area contributed by atoms with Crippen molar-refractivity contribution < 1.29 is 14.7 Å². The number of fused-ring (bicyclic) bond motifs is 1. The highest BCUT2D eigenvalue weighted by atomic mass is 16.4. The van der Waals surface area contributed by atoms with Crippen LogP contribution in [0.5, 0.6) is 0 Å². The molecule has 134 valence electrons. The van der Waals surface area contributed by atoms with Crippen LogP contribution in [-0.4, -0.2) is 22.0 Å². The van der Waals surface area contributed by atoms with Gasteiger partial charge in [0.05, 0.1) is 11.1 Å². The molecule has 1 amide bonds. The number of benzene rings is 2. The van der Waals surface area contributed by atoms with Crippen LogP contribution in [0, 0.1) is 13.8 Å². The summed E-state index contributed by atoms with van der Waals surface area (Å²) in [6.45, 7) is 3.46. The second kappa shape index (κ2) is 6.29. The monoisotopic (exact) mass is 358 g/mol. The number of hydrogen-bond acceptors (Lipinski definition) is 2. The Hall–Kier alpha value is -3.60. The third-order valence-corrected chi connectivity index (χ3v) is 4.89. The number of hydrogen-bond donors (Lipinski definition) is 3. The maximum absolute atomic E-state index is 12.5. The topological polar surface area (TPSA) is 82.2 Å². The van der Waals surface area contributed by atoms with Gasteiger partial charge in [0.15, 0.2) is 0 Å². The number of anilines is 1. The summed E-state index contributed by atoms with van der Waals surface area (Å²) < 4.78 is 0. The molecule has 2 heterocycles. The maximum Gasteiger partial charge on any atom is 0.337 e. The smallest absolute Gasteiger partial charge is 0.337 e. The first-order chi connectivity index (χ1) is 13.0. The normalized spacial score (nSPS) is 14.3. The SMILES string of the molecule is Cc1[nH]c(/C=C2\C(=O)Nc3ccc(-c4ccccc4)cc32)c(C)c1C(=O)O. The lowest BCUT2D eigenvalue weighted by atomic mass is 9.98. The van der Waals surface area contributed by atoms with Crippen LogP contribution in [0.25, 0.3) is 22.8 Å². The Kier molecular flexibility index (Phi) is 3.92. The lowest BCUT2D eigenvalue weighted by Gasteiger charge is -2.05. The molecule has 1 aromatic heterocycles. The van der Waals surface area contributed by atoms with Crippen molar-refractivity contribution in [3.8, 4) is 11.1 Å². The van der Waals surface area contributed by atoms with Crippen LogP contribution in [0.15, 0.2) is 48.5 Å². The number of aromatic nitrogens is 1. The van der Waals surface area contributed by atoms with Gasteiger partial charge in [0, 0.05) is 22.6 Å². The van der Waals surface area contributed by atoms with Gasteiger partial charge in [-0.15, -0.1) is 0 Å². The zero-order valence-electron chi connectivity index (χ0n) is 15.0. The van der Waals surface area contributed by atoms with Gasteiger partial charge < -0.3 is 15.4 Å². The van der Waals surface area contributed by atoms with E-state index in [-0.39, 0.29) is 11.5 Å². The van der Waals surface area contributed by atoms with E-state index >= 15 is 0 Å². The molecule has 0 unspecified atom stereocenters. The largest absolute Gasteiger partial charge is 0.478 e. The second-order valence-electron chi connectivity index (χ2n) is 6.61. The molecule has 1 aliphatic rings. The van der Waals surface area contributed by atoms with Gasteiger partial charge in [0.25, 0.3) is 5.91 Å². The molecule has 0 saturated heterocycles. The van der Waals surface area contributed by atoms with Gasteiger partial charge in [-0.05, 0) is 48.7 Å². The summed E-state index contributed by atoms with van der Waals surface area (Å²) in [5.41, 5.74) is 6.24. The lowest BCUT2D eigenvalue weighted by Crippen LogP contribution is -2.03. The molecule has 5 heteroatoms. The van der Waals surface area contributed by atoms with Crippen molar-refractivity contribution in [3.63, 3.8) is 0 Å². The summed E-state index contributed by atoms with van der Waals surface area (Å²) >= 11 is 0. The Morgan fingerprint density at radius 3 is 2.44 bits per heavy atom. The summed E-state index contributed by atoms with van der Waals surface area (Å²) in [5, 5.41) is 12.2. The van der Waals surface area contributed by atoms with Crippen molar-refractivity contribution in [2.24, 2.45) is 0 Å². The fourth-order valence-electron chi connectivity index (χ4n) is 3.53. The predicted molar refractivity (Wildman–Crippen MR) is 106 cm³/mol. The summed E-state index contributed by atoms with van der Waals surface area (Å²) in [4.78, 5) is 27.0. The average molecular weight is 358 g/mol. The molecule has 4 rings (SSSR count). The summed E-state index contributed by atoms with van der Waals surface area (Å²) in [6, 6.07) is 15.8. The van der Waals surface area contributed by atoms with E-state index < -0.39 is 5.97 Å². The van der Waals surface area contributed by atoms with Crippen molar-refractivity contribution in [2.75, 3.05) is 5.32 Å². The van der Waals surface area contributed by atoms with Crippen LogP contribution in [0.2, 0.25) is 0 Å². The maximum atomic E-state index is 12.5. The van der Waals surface area contributed by atoms with Gasteiger partial charge in [0.1, 0.15) is 0 Å². The molecule has 2 aromatic carbocycles. The first-order valence-corrected chi connectivity index (χ1v) is 8.61. The second-order valence-corrected chi connectivity index (χ2v) is 6.61. The van der Waals surface area contributed by atoms with Crippen molar-refractivity contribution in [1.82, 2.24) is 4.98 Å². The molecule has 1 aliphatic heterocycles. The van der Waals surface area contributed by atoms with E-state index in [0.29, 0.717) is 22.5 Å². The number of carboxylic acids is 1. The first-order valence-electron chi connectivity index (χ1n) is 8.61. The van der Waals surface area contributed by atoms with E-state index in [2.05, 4.69) is 10.3 Å². The van der Waals surface area contributed by atoms with Crippen molar-refractivity contribution in [2.45, 2.75) is 13.8 Å². The van der Waals surface area contributed by atoms with Gasteiger partial charge in [0.2, 0.25) is 0 Å². The van der Waals surface area contributed by atoms with E-state index in [0.717, 1.165) is 22.4 Å². The lowest BCUT2D eigenvalue weighted by molar-refractivity contribution is -0.110. The molecule has 5 nitrogen and oxygen atoms in total. The average Bonchev–Trinajstić information content (AvgIpc) is 3.11. The number of aromatic amines is 1. The summed E-state index contributed by atoms with van der Waals surface area (Å²) in [6.07, 6.45) is 1.73. The number of carbonyl (C=O) groups excluding carboxylic acids is 1. The highest BCUT2D eigenvalue weighted by Gasteiger charge is 2.26. The quantitative estimate of drug-likeness (QED) is 0.603. The van der Waals surface area contributed by atoms with Crippen LogP contribution in [0.3, 0.4) is 0 Å². The van der Waals surface area contributed by atoms with Crippen molar-refractivity contribution in [1.29, 1.82) is 0 Å². The molecule has 0 aliphatic carbocycles. The first kappa shape index (κ1) is 16.8. The van der Waals surface area contributed by atoms with Crippen LogP contribution in [0.1, 0.15) is 32.9 Å². The number of carbonyl (C=O) groups is 2. The molecular formula is C22H18N2O3. The van der Waals surface area contributed by atoms with Crippen molar-refractivity contribution >= 4 is 29.2 Å². The highest BCUT2D eigenvalue weighted by Crippen LogP contribution is 2.36. The van der Waals surface area contributed by atoms with Crippen LogP contribution < -0.4 is 5.32 Å². The van der Waals surface area contributed by atoms with Gasteiger partial charge >= 0.3 is 5.97 Å². The molecule has 0 spiro atoms. The molecule has 0 atom stereocenters.